The topological polar surface area (TPSA) is 92.7 Å². The molecule has 2 N–H and O–H groups in total. The Bertz CT molecular complexity index is 578. The van der Waals surface area contributed by atoms with Gasteiger partial charge in [-0.1, -0.05) is 13.8 Å². The first kappa shape index (κ1) is 16.5. The Balaban J connectivity index is 3.28. The molecule has 0 heterocycles. The smallest absolute Gasteiger partial charge is 0.335 e. The van der Waals surface area contributed by atoms with Gasteiger partial charge >= 0.3 is 5.97 Å². The van der Waals surface area contributed by atoms with Gasteiger partial charge in [0, 0.05) is 6.04 Å². The van der Waals surface area contributed by atoms with E-state index < -0.39 is 16.0 Å². The van der Waals surface area contributed by atoms with Gasteiger partial charge in [-0.25, -0.2) is 17.9 Å². The lowest BCUT2D eigenvalue weighted by Gasteiger charge is -2.17. The Morgan fingerprint density at radius 3 is 2.40 bits per heavy atom. The second-order valence-electron chi connectivity index (χ2n) is 4.31. The molecule has 1 aromatic carbocycles. The lowest BCUT2D eigenvalue weighted by atomic mass is 10.2. The summed E-state index contributed by atoms with van der Waals surface area (Å²) in [7, 11) is -2.48. The van der Waals surface area contributed by atoms with E-state index in [1.54, 1.807) is 0 Å². The fourth-order valence-corrected chi connectivity index (χ4v) is 3.36. The van der Waals surface area contributed by atoms with Crippen molar-refractivity contribution >= 4 is 16.0 Å². The third kappa shape index (κ3) is 3.71. The molecule has 0 saturated heterocycles. The summed E-state index contributed by atoms with van der Waals surface area (Å²) < 4.78 is 32.2. The fourth-order valence-electron chi connectivity index (χ4n) is 1.76. The van der Waals surface area contributed by atoms with Crippen LogP contribution in [0, 0.1) is 0 Å². The summed E-state index contributed by atoms with van der Waals surface area (Å²) in [5, 5.41) is 8.96. The monoisotopic (exact) mass is 301 g/mol. The fraction of sp³-hybridized carbons (Fsp3) is 0.462. The first-order valence-corrected chi connectivity index (χ1v) is 7.77. The molecule has 0 amide bonds. The van der Waals surface area contributed by atoms with E-state index in [4.69, 9.17) is 9.84 Å². The molecule has 0 atom stereocenters. The quantitative estimate of drug-likeness (QED) is 0.802. The van der Waals surface area contributed by atoms with Crippen LogP contribution in [-0.2, 0) is 10.0 Å². The number of ether oxygens (including phenoxy) is 1. The lowest BCUT2D eigenvalue weighted by Crippen LogP contribution is -2.34. The van der Waals surface area contributed by atoms with Gasteiger partial charge in [-0.15, -0.1) is 0 Å². The third-order valence-electron chi connectivity index (χ3n) is 3.01. The van der Waals surface area contributed by atoms with E-state index >= 15 is 0 Å². The van der Waals surface area contributed by atoms with Gasteiger partial charge in [0.15, 0.2) is 0 Å². The molecular weight excluding hydrogens is 282 g/mol. The van der Waals surface area contributed by atoms with E-state index in [9.17, 15) is 13.2 Å². The summed E-state index contributed by atoms with van der Waals surface area (Å²) in [6, 6.07) is 3.55. The Labute approximate surface area is 118 Å². The van der Waals surface area contributed by atoms with Gasteiger partial charge in [-0.2, -0.15) is 0 Å². The van der Waals surface area contributed by atoms with Gasteiger partial charge in [-0.05, 0) is 31.0 Å². The van der Waals surface area contributed by atoms with Gasteiger partial charge < -0.3 is 9.84 Å². The highest BCUT2D eigenvalue weighted by Crippen LogP contribution is 2.25. The van der Waals surface area contributed by atoms with Crippen molar-refractivity contribution in [1.29, 1.82) is 0 Å². The van der Waals surface area contributed by atoms with Crippen molar-refractivity contribution in [1.82, 2.24) is 4.72 Å². The van der Waals surface area contributed by atoms with Crippen LogP contribution in [0.15, 0.2) is 23.1 Å². The number of aromatic carboxylic acids is 1. The number of sulfonamides is 1. The van der Waals surface area contributed by atoms with Crippen LogP contribution >= 0.6 is 0 Å². The van der Waals surface area contributed by atoms with Crippen molar-refractivity contribution in [3.63, 3.8) is 0 Å². The number of methoxy groups -OCH3 is 1. The number of carbonyl (C=O) groups is 1. The zero-order chi connectivity index (χ0) is 15.3. The van der Waals surface area contributed by atoms with Crippen LogP contribution in [0.2, 0.25) is 0 Å². The van der Waals surface area contributed by atoms with Gasteiger partial charge in [0.05, 0.1) is 12.7 Å². The van der Waals surface area contributed by atoms with E-state index in [1.165, 1.54) is 19.2 Å². The maximum Gasteiger partial charge on any atom is 0.335 e. The van der Waals surface area contributed by atoms with Crippen molar-refractivity contribution in [3.8, 4) is 5.75 Å². The van der Waals surface area contributed by atoms with Crippen molar-refractivity contribution in [2.45, 2.75) is 37.6 Å². The van der Waals surface area contributed by atoms with Crippen LogP contribution in [0.3, 0.4) is 0 Å². The standard InChI is InChI=1S/C13H19NO5S/c1-4-10(5-2)14-20(17,18)12-8-9(13(15)16)6-7-11(12)19-3/h6-8,10,14H,4-5H2,1-3H3,(H,15,16). The number of benzene rings is 1. The molecule has 6 nitrogen and oxygen atoms in total. The van der Waals surface area contributed by atoms with Crippen molar-refractivity contribution in [3.05, 3.63) is 23.8 Å². The van der Waals surface area contributed by atoms with Crippen LogP contribution < -0.4 is 9.46 Å². The molecule has 1 rings (SSSR count). The molecule has 0 unspecified atom stereocenters. The highest BCUT2D eigenvalue weighted by molar-refractivity contribution is 7.89. The molecule has 0 radical (unpaired) electrons. The molecule has 0 bridgehead atoms. The largest absolute Gasteiger partial charge is 0.495 e. The number of hydrogen-bond acceptors (Lipinski definition) is 4. The molecule has 7 heteroatoms. The molecular formula is C13H19NO5S. The van der Waals surface area contributed by atoms with E-state index in [1.807, 2.05) is 13.8 Å². The van der Waals surface area contributed by atoms with Crippen LogP contribution in [-0.4, -0.2) is 32.6 Å². The predicted octanol–water partition coefficient (Wildman–Crippen LogP) is 1.86. The van der Waals surface area contributed by atoms with Crippen LogP contribution in [0.5, 0.6) is 5.75 Å². The third-order valence-corrected chi connectivity index (χ3v) is 4.55. The zero-order valence-electron chi connectivity index (χ0n) is 11.7. The summed E-state index contributed by atoms with van der Waals surface area (Å²) in [5.41, 5.74) is -0.101. The van der Waals surface area contributed by atoms with Gasteiger partial charge in [-0.3, -0.25) is 0 Å². The first-order valence-electron chi connectivity index (χ1n) is 6.29. The number of carboxylic acids is 1. The summed E-state index contributed by atoms with van der Waals surface area (Å²) in [6.07, 6.45) is 1.30. The van der Waals surface area contributed by atoms with Crippen LogP contribution in [0.1, 0.15) is 37.0 Å². The van der Waals surface area contributed by atoms with Crippen molar-refractivity contribution in [2.24, 2.45) is 0 Å². The second kappa shape index (κ2) is 6.71. The summed E-state index contributed by atoms with van der Waals surface area (Å²) in [5.74, 6) is -1.07. The minimum atomic E-state index is -3.82. The highest BCUT2D eigenvalue weighted by Gasteiger charge is 2.23. The molecule has 0 spiro atoms. The zero-order valence-corrected chi connectivity index (χ0v) is 12.5. The van der Waals surface area contributed by atoms with Crippen molar-refractivity contribution in [2.75, 3.05) is 7.11 Å². The lowest BCUT2D eigenvalue weighted by molar-refractivity contribution is 0.0696. The number of nitrogens with one attached hydrogen (secondary N) is 1. The van der Waals surface area contributed by atoms with E-state index in [0.29, 0.717) is 12.8 Å². The average molecular weight is 301 g/mol. The average Bonchev–Trinajstić information content (AvgIpc) is 2.43. The maximum atomic E-state index is 12.3. The van der Waals surface area contributed by atoms with E-state index in [2.05, 4.69) is 4.72 Å². The van der Waals surface area contributed by atoms with Gasteiger partial charge in [0.2, 0.25) is 10.0 Å². The molecule has 0 aromatic heterocycles. The number of hydrogen-bond donors (Lipinski definition) is 2. The van der Waals surface area contributed by atoms with Gasteiger partial charge in [0.1, 0.15) is 10.6 Å². The minimum Gasteiger partial charge on any atom is -0.495 e. The van der Waals surface area contributed by atoms with Crippen LogP contribution in [0.25, 0.3) is 0 Å². The van der Waals surface area contributed by atoms with Crippen LogP contribution in [0.4, 0.5) is 0 Å². The number of carboxylic acid groups (broad SMARTS) is 1. The molecule has 0 aliphatic rings. The SMILES string of the molecule is CCC(CC)NS(=O)(=O)c1cc(C(=O)O)ccc1OC. The molecule has 112 valence electrons. The molecule has 0 aliphatic heterocycles. The molecule has 0 saturated carbocycles. The summed E-state index contributed by atoms with van der Waals surface area (Å²) in [6.45, 7) is 3.75. The molecule has 1 aromatic rings. The summed E-state index contributed by atoms with van der Waals surface area (Å²) in [4.78, 5) is 10.8. The molecule has 0 aliphatic carbocycles. The molecule has 20 heavy (non-hydrogen) atoms. The highest BCUT2D eigenvalue weighted by atomic mass is 32.2. The Morgan fingerprint density at radius 1 is 1.35 bits per heavy atom. The summed E-state index contributed by atoms with van der Waals surface area (Å²) >= 11 is 0. The predicted molar refractivity (Wildman–Crippen MR) is 74.6 cm³/mol. The van der Waals surface area contributed by atoms with E-state index in [0.717, 1.165) is 6.07 Å². The second-order valence-corrected chi connectivity index (χ2v) is 5.99. The van der Waals surface area contributed by atoms with E-state index in [-0.39, 0.29) is 22.3 Å². The Hall–Kier alpha value is -1.60. The number of rotatable bonds is 7. The normalized spacial score (nSPS) is 11.6. The Kier molecular flexibility index (Phi) is 5.52. The maximum absolute atomic E-state index is 12.3. The van der Waals surface area contributed by atoms with Gasteiger partial charge in [0.25, 0.3) is 0 Å². The molecule has 0 fully saturated rings. The minimum absolute atomic E-state index is 0.101. The first-order chi connectivity index (χ1) is 9.35. The van der Waals surface area contributed by atoms with Crippen molar-refractivity contribution < 1.29 is 23.1 Å². The Morgan fingerprint density at radius 2 is 1.95 bits per heavy atom.